The summed E-state index contributed by atoms with van der Waals surface area (Å²) >= 11 is 0. The lowest BCUT2D eigenvalue weighted by molar-refractivity contribution is 0.339. The van der Waals surface area contributed by atoms with Crippen molar-refractivity contribution in [1.82, 2.24) is 0 Å². The van der Waals surface area contributed by atoms with E-state index in [1.54, 1.807) is 0 Å². The minimum Gasteiger partial charge on any atom is -0.0879 e. The van der Waals surface area contributed by atoms with Crippen molar-refractivity contribution in [2.45, 2.75) is 12.8 Å². The lowest BCUT2D eigenvalue weighted by Gasteiger charge is -2.34. The molecule has 0 heterocycles. The summed E-state index contributed by atoms with van der Waals surface area (Å²) in [6.07, 6.45) is 18.9. The predicted octanol–water partition coefficient (Wildman–Crippen LogP) is 3.25. The molecule has 0 aromatic rings. The standard InChI is InChI=1S/C13H14/c1-2-6-12-10(4-1)8-9-11-5-3-7-13(11)12/h1,3-5,7-10,12-13H,2,6H2. The van der Waals surface area contributed by atoms with E-state index in [2.05, 4.69) is 42.5 Å². The molecule has 0 aliphatic heterocycles. The van der Waals surface area contributed by atoms with E-state index < -0.39 is 0 Å². The van der Waals surface area contributed by atoms with Crippen LogP contribution in [0.3, 0.4) is 0 Å². The minimum absolute atomic E-state index is 0.707. The molecule has 66 valence electrons. The summed E-state index contributed by atoms with van der Waals surface area (Å²) in [6, 6.07) is 0. The molecule has 0 radical (unpaired) electrons. The van der Waals surface area contributed by atoms with Gasteiger partial charge >= 0.3 is 0 Å². The van der Waals surface area contributed by atoms with E-state index in [0.29, 0.717) is 5.92 Å². The van der Waals surface area contributed by atoms with Crippen molar-refractivity contribution in [2.24, 2.45) is 17.8 Å². The topological polar surface area (TPSA) is 0 Å². The van der Waals surface area contributed by atoms with Crippen LogP contribution in [0.5, 0.6) is 0 Å². The lowest BCUT2D eigenvalue weighted by atomic mass is 9.70. The van der Waals surface area contributed by atoms with E-state index in [1.165, 1.54) is 18.4 Å². The first kappa shape index (κ1) is 7.37. The van der Waals surface area contributed by atoms with Crippen LogP contribution in [0.1, 0.15) is 12.8 Å². The number of hydrogen-bond acceptors (Lipinski definition) is 0. The van der Waals surface area contributed by atoms with Crippen LogP contribution in [0.2, 0.25) is 0 Å². The Bertz CT molecular complexity index is 328. The van der Waals surface area contributed by atoms with Crippen molar-refractivity contribution in [3.8, 4) is 0 Å². The van der Waals surface area contributed by atoms with Gasteiger partial charge in [0.2, 0.25) is 0 Å². The highest BCUT2D eigenvalue weighted by Gasteiger charge is 2.32. The minimum atomic E-state index is 0.707. The summed E-state index contributed by atoms with van der Waals surface area (Å²) in [5.41, 5.74) is 1.52. The Morgan fingerprint density at radius 1 is 1.15 bits per heavy atom. The molecule has 13 heavy (non-hydrogen) atoms. The third-order valence-corrected chi connectivity index (χ3v) is 3.48. The number of hydrogen-bond donors (Lipinski definition) is 0. The molecular weight excluding hydrogens is 156 g/mol. The number of fused-ring (bicyclic) bond motifs is 3. The van der Waals surface area contributed by atoms with Gasteiger partial charge in [0.05, 0.1) is 0 Å². The van der Waals surface area contributed by atoms with Crippen LogP contribution in [0, 0.1) is 17.8 Å². The number of rotatable bonds is 0. The molecule has 0 saturated heterocycles. The molecule has 0 nitrogen and oxygen atoms in total. The van der Waals surface area contributed by atoms with Gasteiger partial charge in [0.15, 0.2) is 0 Å². The lowest BCUT2D eigenvalue weighted by Crippen LogP contribution is -2.25. The van der Waals surface area contributed by atoms with E-state index in [4.69, 9.17) is 0 Å². The Hall–Kier alpha value is -1.04. The largest absolute Gasteiger partial charge is 0.0879 e. The third kappa shape index (κ3) is 1.05. The summed E-state index contributed by atoms with van der Waals surface area (Å²) in [5, 5.41) is 0. The van der Waals surface area contributed by atoms with Crippen molar-refractivity contribution in [3.63, 3.8) is 0 Å². The molecule has 0 aromatic carbocycles. The van der Waals surface area contributed by atoms with E-state index in [-0.39, 0.29) is 0 Å². The molecule has 0 heteroatoms. The molecule has 3 rings (SSSR count). The molecule has 3 aliphatic carbocycles. The zero-order valence-electron chi connectivity index (χ0n) is 7.69. The fourth-order valence-electron chi connectivity index (χ4n) is 2.79. The molecule has 3 unspecified atom stereocenters. The molecule has 0 amide bonds. The highest BCUT2D eigenvalue weighted by atomic mass is 14.4. The van der Waals surface area contributed by atoms with Crippen molar-refractivity contribution in [1.29, 1.82) is 0 Å². The van der Waals surface area contributed by atoms with E-state index in [9.17, 15) is 0 Å². The molecule has 0 fully saturated rings. The SMILES string of the molecule is C1=CC2C(=C1)C=CC1C=CCCC12. The first-order valence-corrected chi connectivity index (χ1v) is 5.18. The molecule has 0 spiro atoms. The van der Waals surface area contributed by atoms with Gasteiger partial charge in [-0.05, 0) is 30.3 Å². The van der Waals surface area contributed by atoms with Gasteiger partial charge in [-0.1, -0.05) is 42.5 Å². The maximum atomic E-state index is 2.38. The summed E-state index contributed by atoms with van der Waals surface area (Å²) in [5.74, 6) is 2.28. The number of allylic oxidation sites excluding steroid dienone is 8. The van der Waals surface area contributed by atoms with Crippen molar-refractivity contribution < 1.29 is 0 Å². The average molecular weight is 170 g/mol. The zero-order chi connectivity index (χ0) is 8.67. The smallest absolute Gasteiger partial charge is 0.00579 e. The first-order chi connectivity index (χ1) is 6.45. The van der Waals surface area contributed by atoms with Crippen molar-refractivity contribution in [2.75, 3.05) is 0 Å². The molecule has 0 bridgehead atoms. The van der Waals surface area contributed by atoms with Crippen LogP contribution in [-0.2, 0) is 0 Å². The Morgan fingerprint density at radius 2 is 2.15 bits per heavy atom. The molecule has 0 saturated carbocycles. The quantitative estimate of drug-likeness (QED) is 0.489. The van der Waals surface area contributed by atoms with Crippen LogP contribution >= 0.6 is 0 Å². The van der Waals surface area contributed by atoms with E-state index in [1.807, 2.05) is 0 Å². The van der Waals surface area contributed by atoms with Gasteiger partial charge in [0.25, 0.3) is 0 Å². The summed E-state index contributed by atoms with van der Waals surface area (Å²) in [6.45, 7) is 0. The molecular formula is C13H14. The average Bonchev–Trinajstić information content (AvgIpc) is 2.65. The van der Waals surface area contributed by atoms with E-state index >= 15 is 0 Å². The Kier molecular flexibility index (Phi) is 1.55. The first-order valence-electron chi connectivity index (χ1n) is 5.18. The van der Waals surface area contributed by atoms with Gasteiger partial charge in [-0.15, -0.1) is 0 Å². The Balaban J connectivity index is 2.01. The highest BCUT2D eigenvalue weighted by molar-refractivity contribution is 5.40. The third-order valence-electron chi connectivity index (χ3n) is 3.48. The van der Waals surface area contributed by atoms with Gasteiger partial charge < -0.3 is 0 Å². The Labute approximate surface area is 79.3 Å². The van der Waals surface area contributed by atoms with Crippen LogP contribution in [0.25, 0.3) is 0 Å². The molecule has 3 aliphatic rings. The second kappa shape index (κ2) is 2.73. The highest BCUT2D eigenvalue weighted by Crippen LogP contribution is 2.42. The van der Waals surface area contributed by atoms with Crippen LogP contribution in [-0.4, -0.2) is 0 Å². The summed E-state index contributed by atoms with van der Waals surface area (Å²) < 4.78 is 0. The second-order valence-electron chi connectivity index (χ2n) is 4.18. The predicted molar refractivity (Wildman–Crippen MR) is 55.2 cm³/mol. The van der Waals surface area contributed by atoms with Gasteiger partial charge in [-0.3, -0.25) is 0 Å². The maximum Gasteiger partial charge on any atom is 0.00579 e. The van der Waals surface area contributed by atoms with Gasteiger partial charge in [-0.2, -0.15) is 0 Å². The second-order valence-corrected chi connectivity index (χ2v) is 4.18. The van der Waals surface area contributed by atoms with Gasteiger partial charge in [0, 0.05) is 5.92 Å². The molecule has 3 atom stereocenters. The van der Waals surface area contributed by atoms with Gasteiger partial charge in [0.1, 0.15) is 0 Å². The normalized spacial score (nSPS) is 40.0. The fraction of sp³-hybridized carbons (Fsp3) is 0.385. The molecule has 0 N–H and O–H groups in total. The van der Waals surface area contributed by atoms with Crippen LogP contribution < -0.4 is 0 Å². The van der Waals surface area contributed by atoms with Crippen molar-refractivity contribution >= 4 is 0 Å². The summed E-state index contributed by atoms with van der Waals surface area (Å²) in [7, 11) is 0. The van der Waals surface area contributed by atoms with Gasteiger partial charge in [-0.25, -0.2) is 0 Å². The van der Waals surface area contributed by atoms with Crippen LogP contribution in [0.15, 0.2) is 48.1 Å². The zero-order valence-corrected chi connectivity index (χ0v) is 7.69. The monoisotopic (exact) mass is 170 g/mol. The van der Waals surface area contributed by atoms with Crippen molar-refractivity contribution in [3.05, 3.63) is 48.1 Å². The maximum absolute atomic E-state index is 2.38. The fourth-order valence-corrected chi connectivity index (χ4v) is 2.79. The van der Waals surface area contributed by atoms with E-state index in [0.717, 1.165) is 11.8 Å². The van der Waals surface area contributed by atoms with Crippen LogP contribution in [0.4, 0.5) is 0 Å². The Morgan fingerprint density at radius 3 is 3.15 bits per heavy atom. The summed E-state index contributed by atoms with van der Waals surface area (Å²) in [4.78, 5) is 0. The molecule has 0 aromatic heterocycles.